The molecule has 5 heteroatoms. The molecule has 1 amide bonds. The minimum Gasteiger partial charge on any atom is -0.492 e. The van der Waals surface area contributed by atoms with E-state index in [-0.39, 0.29) is 12.0 Å². The summed E-state index contributed by atoms with van der Waals surface area (Å²) in [7, 11) is 0. The lowest BCUT2D eigenvalue weighted by atomic mass is 10.1. The molecular formula is C18H27NO3S. The number of hydrogen-bond acceptors (Lipinski definition) is 4. The number of hydrogen-bond donors (Lipinski definition) is 1. The molecule has 1 aliphatic rings. The third kappa shape index (κ3) is 5.34. The van der Waals surface area contributed by atoms with Crippen molar-refractivity contribution in [2.45, 2.75) is 46.6 Å². The van der Waals surface area contributed by atoms with Gasteiger partial charge in [-0.2, -0.15) is 11.8 Å². The van der Waals surface area contributed by atoms with E-state index in [2.05, 4.69) is 19.2 Å². The molecule has 0 aromatic heterocycles. The molecule has 23 heavy (non-hydrogen) atoms. The Labute approximate surface area is 143 Å². The van der Waals surface area contributed by atoms with Gasteiger partial charge in [0.2, 0.25) is 5.91 Å². The van der Waals surface area contributed by atoms with Crippen molar-refractivity contribution >= 4 is 23.4 Å². The van der Waals surface area contributed by atoms with Crippen LogP contribution in [-0.2, 0) is 11.2 Å². The second kappa shape index (κ2) is 8.48. The minimum atomic E-state index is 0.00528. The molecule has 0 spiro atoms. The van der Waals surface area contributed by atoms with E-state index in [1.165, 1.54) is 0 Å². The van der Waals surface area contributed by atoms with Gasteiger partial charge in [0.25, 0.3) is 0 Å². The van der Waals surface area contributed by atoms with Crippen molar-refractivity contribution in [2.24, 2.45) is 5.92 Å². The van der Waals surface area contributed by atoms with Gasteiger partial charge in [-0.05, 0) is 38.0 Å². The Bertz CT molecular complexity index is 545. The summed E-state index contributed by atoms with van der Waals surface area (Å²) in [6.45, 7) is 8.95. The fourth-order valence-electron chi connectivity index (χ4n) is 2.48. The largest absolute Gasteiger partial charge is 0.492 e. The van der Waals surface area contributed by atoms with E-state index < -0.39 is 0 Å². The number of thioether (sulfide) groups is 1. The molecule has 4 nitrogen and oxygen atoms in total. The fourth-order valence-corrected chi connectivity index (χ4v) is 3.52. The SMILES string of the molecule is CCOc1cc2c(cc1NC(=O)CSCCC(C)C)OC(C)C2. The summed E-state index contributed by atoms with van der Waals surface area (Å²) in [6, 6.07) is 3.88. The smallest absolute Gasteiger partial charge is 0.234 e. The van der Waals surface area contributed by atoms with E-state index in [0.29, 0.717) is 24.0 Å². The van der Waals surface area contributed by atoms with Crippen LogP contribution in [0.2, 0.25) is 0 Å². The molecule has 1 heterocycles. The van der Waals surface area contributed by atoms with Crippen molar-refractivity contribution in [2.75, 3.05) is 23.4 Å². The summed E-state index contributed by atoms with van der Waals surface area (Å²) >= 11 is 1.67. The van der Waals surface area contributed by atoms with E-state index in [9.17, 15) is 4.79 Å². The van der Waals surface area contributed by atoms with Gasteiger partial charge in [-0.1, -0.05) is 13.8 Å². The number of ether oxygens (including phenoxy) is 2. The quantitative estimate of drug-likeness (QED) is 0.725. The van der Waals surface area contributed by atoms with Gasteiger partial charge in [-0.15, -0.1) is 0 Å². The molecule has 0 radical (unpaired) electrons. The molecule has 1 atom stereocenters. The summed E-state index contributed by atoms with van der Waals surface area (Å²) in [5.74, 6) is 3.73. The summed E-state index contributed by atoms with van der Waals surface area (Å²) in [4.78, 5) is 12.1. The van der Waals surface area contributed by atoms with E-state index in [0.717, 1.165) is 35.7 Å². The third-order valence-electron chi connectivity index (χ3n) is 3.64. The molecule has 128 valence electrons. The number of fused-ring (bicyclic) bond motifs is 1. The molecule has 1 aromatic carbocycles. The Morgan fingerprint density at radius 1 is 1.48 bits per heavy atom. The number of amides is 1. The highest BCUT2D eigenvalue weighted by molar-refractivity contribution is 7.99. The van der Waals surface area contributed by atoms with Gasteiger partial charge in [0.1, 0.15) is 17.6 Å². The molecule has 1 N–H and O–H groups in total. The minimum absolute atomic E-state index is 0.00528. The van der Waals surface area contributed by atoms with Crippen molar-refractivity contribution < 1.29 is 14.3 Å². The van der Waals surface area contributed by atoms with Crippen molar-refractivity contribution in [1.82, 2.24) is 0 Å². The first-order valence-corrected chi connectivity index (χ1v) is 9.49. The Kier molecular flexibility index (Phi) is 6.63. The van der Waals surface area contributed by atoms with Crippen LogP contribution in [0.4, 0.5) is 5.69 Å². The Hall–Kier alpha value is -1.36. The predicted octanol–water partition coefficient (Wildman–Crippen LogP) is 4.13. The van der Waals surface area contributed by atoms with E-state index in [1.807, 2.05) is 26.0 Å². The van der Waals surface area contributed by atoms with Gasteiger partial charge in [0, 0.05) is 18.1 Å². The normalized spacial score (nSPS) is 16.1. The number of nitrogens with one attached hydrogen (secondary N) is 1. The molecule has 0 aliphatic carbocycles. The van der Waals surface area contributed by atoms with Crippen LogP contribution in [0.15, 0.2) is 12.1 Å². The number of carbonyl (C=O) groups is 1. The number of benzene rings is 1. The zero-order chi connectivity index (χ0) is 16.8. The van der Waals surface area contributed by atoms with Crippen molar-refractivity contribution in [3.63, 3.8) is 0 Å². The van der Waals surface area contributed by atoms with Crippen LogP contribution in [0.1, 0.15) is 39.7 Å². The lowest BCUT2D eigenvalue weighted by molar-refractivity contribution is -0.113. The van der Waals surface area contributed by atoms with E-state index in [1.54, 1.807) is 11.8 Å². The summed E-state index contributed by atoms with van der Waals surface area (Å²) in [6.07, 6.45) is 2.19. The average molecular weight is 337 g/mol. The summed E-state index contributed by atoms with van der Waals surface area (Å²) < 4.78 is 11.5. The van der Waals surface area contributed by atoms with Crippen molar-refractivity contribution in [1.29, 1.82) is 0 Å². The maximum absolute atomic E-state index is 12.1. The molecule has 0 bridgehead atoms. The first-order valence-electron chi connectivity index (χ1n) is 8.33. The van der Waals surface area contributed by atoms with E-state index >= 15 is 0 Å². The fraction of sp³-hybridized carbons (Fsp3) is 0.611. The van der Waals surface area contributed by atoms with Crippen LogP contribution < -0.4 is 14.8 Å². The van der Waals surface area contributed by atoms with Crippen LogP contribution in [0.5, 0.6) is 11.5 Å². The maximum Gasteiger partial charge on any atom is 0.234 e. The second-order valence-electron chi connectivity index (χ2n) is 6.30. The number of rotatable bonds is 8. The first-order chi connectivity index (χ1) is 11.0. The molecule has 1 unspecified atom stereocenters. The van der Waals surface area contributed by atoms with Gasteiger partial charge in [-0.25, -0.2) is 0 Å². The zero-order valence-electron chi connectivity index (χ0n) is 14.5. The van der Waals surface area contributed by atoms with Gasteiger partial charge >= 0.3 is 0 Å². The summed E-state index contributed by atoms with van der Waals surface area (Å²) in [5.41, 5.74) is 1.85. The average Bonchev–Trinajstić information content (AvgIpc) is 2.83. The number of anilines is 1. The van der Waals surface area contributed by atoms with E-state index in [4.69, 9.17) is 9.47 Å². The lowest BCUT2D eigenvalue weighted by Crippen LogP contribution is -2.15. The van der Waals surface area contributed by atoms with Gasteiger partial charge in [-0.3, -0.25) is 4.79 Å². The molecule has 1 aliphatic heterocycles. The van der Waals surface area contributed by atoms with Crippen LogP contribution in [-0.4, -0.2) is 30.1 Å². The standard InChI is InChI=1S/C18H27NO3S/c1-5-21-17-9-14-8-13(4)22-16(14)10-15(17)19-18(20)11-23-7-6-12(2)3/h9-10,12-13H,5-8,11H2,1-4H3,(H,19,20). The monoisotopic (exact) mass is 337 g/mol. The second-order valence-corrected chi connectivity index (χ2v) is 7.41. The Balaban J connectivity index is 1.98. The Morgan fingerprint density at radius 2 is 2.26 bits per heavy atom. The zero-order valence-corrected chi connectivity index (χ0v) is 15.3. The molecule has 0 fully saturated rings. The van der Waals surface area contributed by atoms with Crippen LogP contribution in [0.25, 0.3) is 0 Å². The van der Waals surface area contributed by atoms with Gasteiger partial charge < -0.3 is 14.8 Å². The molecular weight excluding hydrogens is 310 g/mol. The van der Waals surface area contributed by atoms with Crippen molar-refractivity contribution in [3.8, 4) is 11.5 Å². The molecule has 1 aromatic rings. The van der Waals surface area contributed by atoms with Crippen LogP contribution in [0.3, 0.4) is 0 Å². The predicted molar refractivity (Wildman–Crippen MR) is 96.8 cm³/mol. The highest BCUT2D eigenvalue weighted by Crippen LogP contribution is 2.38. The third-order valence-corrected chi connectivity index (χ3v) is 4.64. The van der Waals surface area contributed by atoms with Gasteiger partial charge in [0.15, 0.2) is 0 Å². The highest BCUT2D eigenvalue weighted by Gasteiger charge is 2.22. The lowest BCUT2D eigenvalue weighted by Gasteiger charge is -2.13. The maximum atomic E-state index is 12.1. The summed E-state index contributed by atoms with van der Waals surface area (Å²) in [5, 5.41) is 2.96. The molecule has 2 rings (SSSR count). The Morgan fingerprint density at radius 3 is 2.96 bits per heavy atom. The van der Waals surface area contributed by atoms with Crippen LogP contribution in [0, 0.1) is 5.92 Å². The van der Waals surface area contributed by atoms with Crippen molar-refractivity contribution in [3.05, 3.63) is 17.7 Å². The topological polar surface area (TPSA) is 47.6 Å². The van der Waals surface area contributed by atoms with Gasteiger partial charge in [0.05, 0.1) is 18.0 Å². The molecule has 0 saturated carbocycles. The highest BCUT2D eigenvalue weighted by atomic mass is 32.2. The van der Waals surface area contributed by atoms with Crippen LogP contribution >= 0.6 is 11.8 Å². The molecule has 0 saturated heterocycles. The number of carbonyl (C=O) groups excluding carboxylic acids is 1. The first kappa shape index (κ1) is 18.0.